The summed E-state index contributed by atoms with van der Waals surface area (Å²) in [5, 5.41) is 0. The summed E-state index contributed by atoms with van der Waals surface area (Å²) in [6.07, 6.45) is 0. The van der Waals surface area contributed by atoms with Crippen molar-refractivity contribution in [1.82, 2.24) is 0 Å². The molecule has 1 rings (SSSR count). The zero-order valence-electron chi connectivity index (χ0n) is 8.94. The monoisotopic (exact) mass is 198 g/mol. The number of hydrogen-bond donors (Lipinski definition) is 0. The quantitative estimate of drug-likeness (QED) is 0.428. The molecule has 74 valence electrons. The van der Waals surface area contributed by atoms with Crippen molar-refractivity contribution >= 4 is 15.4 Å². The standard InChI is InChI=1S/C11H18OS/c1-10(2)6-7-11(3,4)9-13(5,12)8-10/h5,8-9H2,1-4H3. The van der Waals surface area contributed by atoms with Gasteiger partial charge in [-0.05, 0) is 43.1 Å². The molecule has 0 spiro atoms. The van der Waals surface area contributed by atoms with Gasteiger partial charge in [0.15, 0.2) is 0 Å². The second-order valence-electron chi connectivity index (χ2n) is 5.27. The van der Waals surface area contributed by atoms with Crippen LogP contribution >= 0.6 is 0 Å². The number of rotatable bonds is 0. The fraction of sp³-hybridized carbons (Fsp3) is 0.727. The van der Waals surface area contributed by atoms with E-state index >= 15 is 0 Å². The Bertz CT molecular complexity index is 333. The Hall–Kier alpha value is -0.420. The van der Waals surface area contributed by atoms with E-state index in [1.54, 1.807) is 0 Å². The number of hydrogen-bond acceptors (Lipinski definition) is 1. The molecule has 0 N–H and O–H groups in total. The highest BCUT2D eigenvalue weighted by Gasteiger charge is 2.29. The van der Waals surface area contributed by atoms with E-state index in [0.717, 1.165) is 0 Å². The van der Waals surface area contributed by atoms with E-state index in [2.05, 4.69) is 17.7 Å². The van der Waals surface area contributed by atoms with Crippen molar-refractivity contribution < 1.29 is 4.21 Å². The Balaban J connectivity index is 3.15. The molecular weight excluding hydrogens is 180 g/mol. The Morgan fingerprint density at radius 3 is 1.69 bits per heavy atom. The van der Waals surface area contributed by atoms with E-state index in [0.29, 0.717) is 11.5 Å². The van der Waals surface area contributed by atoms with E-state index in [1.165, 1.54) is 0 Å². The molecule has 0 aromatic heterocycles. The van der Waals surface area contributed by atoms with Crippen molar-refractivity contribution in [3.63, 3.8) is 0 Å². The third-order valence-corrected chi connectivity index (χ3v) is 4.48. The van der Waals surface area contributed by atoms with Gasteiger partial charge in [0, 0.05) is 22.3 Å². The molecule has 0 aliphatic carbocycles. The van der Waals surface area contributed by atoms with Crippen molar-refractivity contribution in [3.05, 3.63) is 0 Å². The molecule has 1 heterocycles. The maximum absolute atomic E-state index is 12.1. The Morgan fingerprint density at radius 2 is 1.38 bits per heavy atom. The average molecular weight is 198 g/mol. The molecule has 0 fully saturated rings. The summed E-state index contributed by atoms with van der Waals surface area (Å²) in [7, 11) is -1.96. The summed E-state index contributed by atoms with van der Waals surface area (Å²) in [4.78, 5) is 0. The zero-order valence-corrected chi connectivity index (χ0v) is 9.75. The van der Waals surface area contributed by atoms with E-state index in [1.807, 2.05) is 27.7 Å². The van der Waals surface area contributed by atoms with Crippen molar-refractivity contribution in [2.75, 3.05) is 11.5 Å². The first-order valence-electron chi connectivity index (χ1n) is 4.49. The predicted molar refractivity (Wildman–Crippen MR) is 60.3 cm³/mol. The fourth-order valence-electron chi connectivity index (χ4n) is 1.78. The molecule has 0 bridgehead atoms. The first-order chi connectivity index (χ1) is 5.62. The van der Waals surface area contributed by atoms with Crippen LogP contribution in [0.15, 0.2) is 0 Å². The maximum Gasteiger partial charge on any atom is 0.0367 e. The summed E-state index contributed by atoms with van der Waals surface area (Å²) < 4.78 is 12.1. The minimum absolute atomic E-state index is 0.146. The van der Waals surface area contributed by atoms with Gasteiger partial charge in [0.1, 0.15) is 0 Å². The van der Waals surface area contributed by atoms with Gasteiger partial charge < -0.3 is 0 Å². The maximum atomic E-state index is 12.1. The minimum atomic E-state index is -1.96. The van der Waals surface area contributed by atoms with Crippen LogP contribution in [0.2, 0.25) is 0 Å². The lowest BCUT2D eigenvalue weighted by molar-refractivity contribution is 0.567. The minimum Gasteiger partial charge on any atom is -0.268 e. The van der Waals surface area contributed by atoms with E-state index in [9.17, 15) is 4.21 Å². The fourth-order valence-corrected chi connectivity index (χ4v) is 4.65. The van der Waals surface area contributed by atoms with Crippen molar-refractivity contribution in [2.24, 2.45) is 10.8 Å². The lowest BCUT2D eigenvalue weighted by Gasteiger charge is -2.21. The Morgan fingerprint density at radius 1 is 1.08 bits per heavy atom. The summed E-state index contributed by atoms with van der Waals surface area (Å²) in [5.74, 6) is 11.5. The van der Waals surface area contributed by atoms with E-state index < -0.39 is 9.52 Å². The van der Waals surface area contributed by atoms with Crippen LogP contribution in [0.3, 0.4) is 0 Å². The van der Waals surface area contributed by atoms with Gasteiger partial charge in [-0.15, -0.1) is 0 Å². The third kappa shape index (κ3) is 3.08. The molecule has 1 aliphatic heterocycles. The van der Waals surface area contributed by atoms with Crippen molar-refractivity contribution in [2.45, 2.75) is 27.7 Å². The van der Waals surface area contributed by atoms with Crippen LogP contribution < -0.4 is 0 Å². The summed E-state index contributed by atoms with van der Waals surface area (Å²) >= 11 is 0. The van der Waals surface area contributed by atoms with Gasteiger partial charge in [0.2, 0.25) is 0 Å². The highest BCUT2D eigenvalue weighted by molar-refractivity contribution is 8.00. The van der Waals surface area contributed by atoms with Gasteiger partial charge in [-0.2, -0.15) is 0 Å². The Labute approximate surface area is 81.9 Å². The first-order valence-corrected chi connectivity index (χ1v) is 6.56. The first kappa shape index (κ1) is 10.7. The van der Waals surface area contributed by atoms with Gasteiger partial charge in [-0.25, -0.2) is 0 Å². The molecule has 0 unspecified atom stereocenters. The molecule has 0 saturated carbocycles. The summed E-state index contributed by atoms with van der Waals surface area (Å²) in [5.41, 5.74) is -0.292. The van der Waals surface area contributed by atoms with Crippen molar-refractivity contribution in [1.29, 1.82) is 0 Å². The van der Waals surface area contributed by atoms with Gasteiger partial charge >= 0.3 is 0 Å². The molecular formula is C11H18OS. The SMILES string of the molecule is C=S1(=O)CC(C)(C)C#CC(C)(C)C1. The van der Waals surface area contributed by atoms with Gasteiger partial charge in [-0.3, -0.25) is 4.21 Å². The molecule has 0 amide bonds. The smallest absolute Gasteiger partial charge is 0.0367 e. The average Bonchev–Trinajstić information content (AvgIpc) is 1.83. The predicted octanol–water partition coefficient (Wildman–Crippen LogP) is 1.77. The largest absolute Gasteiger partial charge is 0.268 e. The summed E-state index contributed by atoms with van der Waals surface area (Å²) in [6.45, 7) is 8.14. The van der Waals surface area contributed by atoms with Crippen LogP contribution in [-0.4, -0.2) is 21.6 Å². The third-order valence-electron chi connectivity index (χ3n) is 1.99. The highest BCUT2D eigenvalue weighted by Crippen LogP contribution is 2.27. The van der Waals surface area contributed by atoms with E-state index in [-0.39, 0.29) is 10.8 Å². The molecule has 1 nitrogen and oxygen atoms in total. The van der Waals surface area contributed by atoms with Gasteiger partial charge in [-0.1, -0.05) is 11.8 Å². The molecule has 1 aliphatic rings. The van der Waals surface area contributed by atoms with Crippen LogP contribution in [0, 0.1) is 22.7 Å². The van der Waals surface area contributed by atoms with Crippen LogP contribution in [0.4, 0.5) is 0 Å². The molecule has 0 aromatic carbocycles. The van der Waals surface area contributed by atoms with Crippen LogP contribution in [-0.2, 0) is 9.52 Å². The lowest BCUT2D eigenvalue weighted by Crippen LogP contribution is -2.26. The normalized spacial score (nSPS) is 28.3. The molecule has 0 saturated heterocycles. The Kier molecular flexibility index (Phi) is 2.28. The van der Waals surface area contributed by atoms with Gasteiger partial charge in [0.25, 0.3) is 0 Å². The molecule has 13 heavy (non-hydrogen) atoms. The summed E-state index contributed by atoms with van der Waals surface area (Å²) in [6, 6.07) is 0. The van der Waals surface area contributed by atoms with Gasteiger partial charge in [0.05, 0.1) is 0 Å². The van der Waals surface area contributed by atoms with Crippen LogP contribution in [0.1, 0.15) is 27.7 Å². The lowest BCUT2D eigenvalue weighted by atomic mass is 9.92. The zero-order chi connectivity index (χ0) is 10.3. The molecule has 0 radical (unpaired) electrons. The topological polar surface area (TPSA) is 17.1 Å². The highest BCUT2D eigenvalue weighted by atomic mass is 32.2. The van der Waals surface area contributed by atoms with Crippen LogP contribution in [0.25, 0.3) is 0 Å². The van der Waals surface area contributed by atoms with E-state index in [4.69, 9.17) is 0 Å². The second kappa shape index (κ2) is 2.78. The molecule has 0 aromatic rings. The molecule has 0 atom stereocenters. The second-order valence-corrected chi connectivity index (χ2v) is 7.78. The van der Waals surface area contributed by atoms with Crippen molar-refractivity contribution in [3.8, 4) is 11.8 Å². The molecule has 2 heteroatoms. The van der Waals surface area contributed by atoms with Crippen LogP contribution in [0.5, 0.6) is 0 Å².